The first-order valence-corrected chi connectivity index (χ1v) is 7.39. The van der Waals surface area contributed by atoms with Gasteiger partial charge < -0.3 is 0 Å². The van der Waals surface area contributed by atoms with Gasteiger partial charge in [-0.05, 0) is 38.1 Å². The number of amides is 1. The van der Waals surface area contributed by atoms with E-state index in [4.69, 9.17) is 0 Å². The van der Waals surface area contributed by atoms with Gasteiger partial charge in [0.05, 0.1) is 16.5 Å². The van der Waals surface area contributed by atoms with Gasteiger partial charge in [-0.1, -0.05) is 0 Å². The Bertz CT molecular complexity index is 617. The number of hydrogen-bond donors (Lipinski definition) is 0. The van der Waals surface area contributed by atoms with E-state index in [0.29, 0.717) is 5.69 Å². The molecule has 1 aliphatic heterocycles. The van der Waals surface area contributed by atoms with Gasteiger partial charge >= 0.3 is 0 Å². The number of nitrogens with zero attached hydrogens (tertiary/aromatic N) is 2. The van der Waals surface area contributed by atoms with E-state index in [2.05, 4.69) is 5.10 Å². The molecule has 18 heavy (non-hydrogen) atoms. The molecule has 0 spiro atoms. The molecular weight excluding hydrogens is 252 g/mol. The van der Waals surface area contributed by atoms with Crippen LogP contribution in [0, 0.1) is 5.92 Å². The highest BCUT2D eigenvalue weighted by Crippen LogP contribution is 2.24. The summed E-state index contributed by atoms with van der Waals surface area (Å²) >= 11 is 0. The largest absolute Gasteiger partial charge is 0.272 e. The zero-order chi connectivity index (χ0) is 13.5. The number of sulfone groups is 1. The molecule has 2 rings (SSSR count). The molecule has 0 radical (unpaired) electrons. The summed E-state index contributed by atoms with van der Waals surface area (Å²) in [4.78, 5) is 12.1. The summed E-state index contributed by atoms with van der Waals surface area (Å²) in [6, 6.07) is 6.13. The quantitative estimate of drug-likeness (QED) is 0.813. The Morgan fingerprint density at radius 1 is 1.22 bits per heavy atom. The van der Waals surface area contributed by atoms with Crippen LogP contribution in [0.2, 0.25) is 0 Å². The molecule has 0 fully saturated rings. The van der Waals surface area contributed by atoms with E-state index in [9.17, 15) is 13.2 Å². The standard InChI is InChI=1S/C12H14N2O3S/c1-8-9(2)13-14(12(8)15)10-4-6-11(7-5-10)18(3,16)17/h4-8H,1-3H3. The first-order valence-electron chi connectivity index (χ1n) is 5.50. The van der Waals surface area contributed by atoms with Crippen LogP contribution in [-0.2, 0) is 14.6 Å². The zero-order valence-electron chi connectivity index (χ0n) is 10.4. The minimum Gasteiger partial charge on any atom is -0.272 e. The number of rotatable bonds is 2. The lowest BCUT2D eigenvalue weighted by atomic mass is 10.1. The van der Waals surface area contributed by atoms with E-state index in [1.165, 1.54) is 17.1 Å². The Hall–Kier alpha value is -1.69. The second-order valence-electron chi connectivity index (χ2n) is 4.38. The first-order chi connectivity index (χ1) is 8.30. The lowest BCUT2D eigenvalue weighted by molar-refractivity contribution is -0.119. The van der Waals surface area contributed by atoms with E-state index < -0.39 is 9.84 Å². The van der Waals surface area contributed by atoms with Gasteiger partial charge in [0, 0.05) is 12.0 Å². The minimum atomic E-state index is -3.22. The topological polar surface area (TPSA) is 66.8 Å². The summed E-state index contributed by atoms with van der Waals surface area (Å²) in [5.41, 5.74) is 1.34. The number of carbonyl (C=O) groups is 1. The maximum atomic E-state index is 11.9. The average molecular weight is 266 g/mol. The lowest BCUT2D eigenvalue weighted by Gasteiger charge is -2.13. The van der Waals surface area contributed by atoms with Crippen LogP contribution in [0.4, 0.5) is 5.69 Å². The Morgan fingerprint density at radius 2 is 1.78 bits per heavy atom. The number of hydrogen-bond acceptors (Lipinski definition) is 4. The Labute approximate surface area is 106 Å². The van der Waals surface area contributed by atoms with Crippen LogP contribution in [0.3, 0.4) is 0 Å². The van der Waals surface area contributed by atoms with Gasteiger partial charge in [-0.3, -0.25) is 4.79 Å². The molecule has 6 heteroatoms. The number of anilines is 1. The fraction of sp³-hybridized carbons (Fsp3) is 0.333. The second-order valence-corrected chi connectivity index (χ2v) is 6.39. The molecule has 0 aliphatic carbocycles. The maximum absolute atomic E-state index is 11.9. The van der Waals surface area contributed by atoms with Gasteiger partial charge in [0.1, 0.15) is 0 Å². The van der Waals surface area contributed by atoms with Crippen LogP contribution >= 0.6 is 0 Å². The predicted molar refractivity (Wildman–Crippen MR) is 69.3 cm³/mol. The molecule has 0 aromatic heterocycles. The molecule has 1 aromatic carbocycles. The van der Waals surface area contributed by atoms with Crippen molar-refractivity contribution >= 4 is 27.1 Å². The van der Waals surface area contributed by atoms with E-state index in [-0.39, 0.29) is 16.7 Å². The molecule has 1 aromatic rings. The van der Waals surface area contributed by atoms with E-state index >= 15 is 0 Å². The zero-order valence-corrected chi connectivity index (χ0v) is 11.2. The normalized spacial score (nSPS) is 20.2. The van der Waals surface area contributed by atoms with Gasteiger partial charge in [-0.15, -0.1) is 0 Å². The van der Waals surface area contributed by atoms with E-state index in [1.54, 1.807) is 26.0 Å². The molecule has 1 aliphatic rings. The van der Waals surface area contributed by atoms with Crippen LogP contribution in [0.15, 0.2) is 34.3 Å². The van der Waals surface area contributed by atoms with Crippen molar-refractivity contribution in [3.63, 3.8) is 0 Å². The number of benzene rings is 1. The van der Waals surface area contributed by atoms with E-state index in [1.807, 2.05) is 0 Å². The number of carbonyl (C=O) groups excluding carboxylic acids is 1. The van der Waals surface area contributed by atoms with Crippen LogP contribution in [-0.4, -0.2) is 26.3 Å². The van der Waals surface area contributed by atoms with Gasteiger partial charge in [0.25, 0.3) is 5.91 Å². The molecule has 5 nitrogen and oxygen atoms in total. The average Bonchev–Trinajstić information content (AvgIpc) is 2.56. The molecule has 1 heterocycles. The third-order valence-electron chi connectivity index (χ3n) is 2.97. The summed E-state index contributed by atoms with van der Waals surface area (Å²) in [5, 5.41) is 5.48. The molecule has 0 saturated carbocycles. The van der Waals surface area contributed by atoms with Crippen LogP contribution < -0.4 is 5.01 Å². The molecule has 0 saturated heterocycles. The van der Waals surface area contributed by atoms with Crippen molar-refractivity contribution in [3.8, 4) is 0 Å². The predicted octanol–water partition coefficient (Wildman–Crippen LogP) is 1.45. The maximum Gasteiger partial charge on any atom is 0.255 e. The SMILES string of the molecule is CC1=NN(c2ccc(S(C)(=O)=O)cc2)C(=O)C1C. The molecule has 1 atom stereocenters. The lowest BCUT2D eigenvalue weighted by Crippen LogP contribution is -2.25. The Morgan fingerprint density at radius 3 is 2.17 bits per heavy atom. The molecular formula is C12H14N2O3S. The van der Waals surface area contributed by atoms with Crippen LogP contribution in [0.5, 0.6) is 0 Å². The van der Waals surface area contributed by atoms with Crippen LogP contribution in [0.25, 0.3) is 0 Å². The summed E-state index contributed by atoms with van der Waals surface area (Å²) in [7, 11) is -3.22. The van der Waals surface area contributed by atoms with Crippen LogP contribution in [0.1, 0.15) is 13.8 Å². The molecule has 1 unspecified atom stereocenters. The van der Waals surface area contributed by atoms with Crippen molar-refractivity contribution < 1.29 is 13.2 Å². The third-order valence-corrected chi connectivity index (χ3v) is 4.10. The molecule has 1 amide bonds. The van der Waals surface area contributed by atoms with Crippen molar-refractivity contribution in [2.24, 2.45) is 11.0 Å². The molecule has 0 N–H and O–H groups in total. The highest BCUT2D eigenvalue weighted by atomic mass is 32.2. The first kappa shape index (κ1) is 12.8. The van der Waals surface area contributed by atoms with Crippen molar-refractivity contribution in [3.05, 3.63) is 24.3 Å². The highest BCUT2D eigenvalue weighted by molar-refractivity contribution is 7.90. The third kappa shape index (κ3) is 2.15. The van der Waals surface area contributed by atoms with Crippen molar-refractivity contribution in [2.75, 3.05) is 11.3 Å². The van der Waals surface area contributed by atoms with Gasteiger partial charge in [0.2, 0.25) is 0 Å². The monoisotopic (exact) mass is 266 g/mol. The number of hydrazone groups is 1. The van der Waals surface area contributed by atoms with Crippen molar-refractivity contribution in [1.82, 2.24) is 0 Å². The van der Waals surface area contributed by atoms with Gasteiger partial charge in [-0.25, -0.2) is 13.4 Å². The van der Waals surface area contributed by atoms with Crippen molar-refractivity contribution in [1.29, 1.82) is 0 Å². The summed E-state index contributed by atoms with van der Waals surface area (Å²) in [6.45, 7) is 3.60. The summed E-state index contributed by atoms with van der Waals surface area (Å²) in [6.07, 6.45) is 1.15. The molecule has 0 bridgehead atoms. The Kier molecular flexibility index (Phi) is 2.98. The smallest absolute Gasteiger partial charge is 0.255 e. The molecule has 96 valence electrons. The fourth-order valence-electron chi connectivity index (χ4n) is 1.68. The van der Waals surface area contributed by atoms with Crippen molar-refractivity contribution in [2.45, 2.75) is 18.7 Å². The van der Waals surface area contributed by atoms with E-state index in [0.717, 1.165) is 12.0 Å². The van der Waals surface area contributed by atoms with Gasteiger partial charge in [0.15, 0.2) is 9.84 Å². The minimum absolute atomic E-state index is 0.0976. The summed E-state index contributed by atoms with van der Waals surface area (Å²) in [5.74, 6) is -0.320. The second kappa shape index (κ2) is 4.20. The fourth-order valence-corrected chi connectivity index (χ4v) is 2.31. The van der Waals surface area contributed by atoms with Gasteiger partial charge in [-0.2, -0.15) is 5.10 Å². The summed E-state index contributed by atoms with van der Waals surface area (Å²) < 4.78 is 22.7. The Balaban J connectivity index is 2.35. The highest BCUT2D eigenvalue weighted by Gasteiger charge is 2.30.